The van der Waals surface area contributed by atoms with Gasteiger partial charge in [-0.25, -0.2) is 9.78 Å². The van der Waals surface area contributed by atoms with Gasteiger partial charge in [0.25, 0.3) is 5.91 Å². The van der Waals surface area contributed by atoms with Crippen molar-refractivity contribution in [3.8, 4) is 0 Å². The summed E-state index contributed by atoms with van der Waals surface area (Å²) in [6.07, 6.45) is 0. The summed E-state index contributed by atoms with van der Waals surface area (Å²) < 4.78 is 0. The van der Waals surface area contributed by atoms with Gasteiger partial charge >= 0.3 is 5.97 Å². The van der Waals surface area contributed by atoms with Crippen LogP contribution in [-0.2, 0) is 6.54 Å². The molecule has 120 valence electrons. The second kappa shape index (κ2) is 7.05. The van der Waals surface area contributed by atoms with Crippen molar-refractivity contribution < 1.29 is 14.7 Å². The van der Waals surface area contributed by atoms with Crippen molar-refractivity contribution in [3.05, 3.63) is 65.0 Å². The van der Waals surface area contributed by atoms with E-state index in [0.29, 0.717) is 12.2 Å². The second-order valence-corrected chi connectivity index (χ2v) is 5.77. The Balaban J connectivity index is 2.10. The highest BCUT2D eigenvalue weighted by molar-refractivity contribution is 5.92. The molecule has 5 heteroatoms. The average Bonchev–Trinajstić information content (AvgIpc) is 2.54. The van der Waals surface area contributed by atoms with Gasteiger partial charge in [-0.2, -0.15) is 0 Å². The van der Waals surface area contributed by atoms with Gasteiger partial charge in [0.15, 0.2) is 0 Å². The van der Waals surface area contributed by atoms with Crippen LogP contribution in [0.3, 0.4) is 0 Å². The Morgan fingerprint density at radius 2 is 1.78 bits per heavy atom. The lowest BCUT2D eigenvalue weighted by molar-refractivity contribution is 0.0695. The van der Waals surface area contributed by atoms with Crippen LogP contribution in [0.5, 0.6) is 0 Å². The average molecular weight is 312 g/mol. The zero-order valence-corrected chi connectivity index (χ0v) is 13.5. The number of benzene rings is 1. The molecule has 0 saturated carbocycles. The first-order valence-electron chi connectivity index (χ1n) is 7.43. The summed E-state index contributed by atoms with van der Waals surface area (Å²) in [5.74, 6) is -0.859. The number of rotatable bonds is 5. The zero-order chi connectivity index (χ0) is 17.0. The van der Waals surface area contributed by atoms with Crippen LogP contribution < -0.4 is 0 Å². The molecule has 1 aromatic carbocycles. The van der Waals surface area contributed by atoms with Gasteiger partial charge in [-0.05, 0) is 35.7 Å². The molecule has 0 unspecified atom stereocenters. The number of hydrogen-bond donors (Lipinski definition) is 1. The Morgan fingerprint density at radius 3 is 2.35 bits per heavy atom. The molecule has 1 amide bonds. The Kier molecular flexibility index (Phi) is 5.11. The van der Waals surface area contributed by atoms with Crippen molar-refractivity contribution in [2.75, 3.05) is 7.05 Å². The molecule has 0 radical (unpaired) electrons. The topological polar surface area (TPSA) is 70.5 Å². The molecular formula is C18H20N2O3. The Morgan fingerprint density at radius 1 is 1.13 bits per heavy atom. The smallest absolute Gasteiger partial charge is 0.335 e. The fourth-order valence-electron chi connectivity index (χ4n) is 2.19. The van der Waals surface area contributed by atoms with Gasteiger partial charge in [0.05, 0.1) is 5.56 Å². The summed E-state index contributed by atoms with van der Waals surface area (Å²) in [4.78, 5) is 29.3. The molecule has 0 spiro atoms. The number of hydrogen-bond acceptors (Lipinski definition) is 3. The van der Waals surface area contributed by atoms with E-state index < -0.39 is 5.97 Å². The normalized spacial score (nSPS) is 10.6. The molecule has 1 aromatic heterocycles. The number of carbonyl (C=O) groups is 2. The van der Waals surface area contributed by atoms with E-state index in [1.165, 1.54) is 12.1 Å². The summed E-state index contributed by atoms with van der Waals surface area (Å²) >= 11 is 0. The number of aromatic nitrogens is 1. The summed E-state index contributed by atoms with van der Waals surface area (Å²) in [6, 6.07) is 12.0. The molecule has 23 heavy (non-hydrogen) atoms. The standard InChI is InChI=1S/C18H20N2O3/c1-12(2)15-5-4-6-16(19-15)17(21)20(3)11-13-7-9-14(10-8-13)18(22)23/h4-10,12H,11H2,1-3H3,(H,22,23). The van der Waals surface area contributed by atoms with Gasteiger partial charge in [0.2, 0.25) is 0 Å². The molecule has 1 N–H and O–H groups in total. The molecule has 2 aromatic rings. The SMILES string of the molecule is CC(C)c1cccc(C(=O)N(C)Cc2ccc(C(=O)O)cc2)n1. The number of aromatic carboxylic acids is 1. The minimum atomic E-state index is -0.962. The highest BCUT2D eigenvalue weighted by atomic mass is 16.4. The molecule has 5 nitrogen and oxygen atoms in total. The van der Waals surface area contributed by atoms with Crippen molar-refractivity contribution >= 4 is 11.9 Å². The summed E-state index contributed by atoms with van der Waals surface area (Å²) in [5, 5.41) is 8.89. The van der Waals surface area contributed by atoms with Crippen LogP contribution in [0.15, 0.2) is 42.5 Å². The summed E-state index contributed by atoms with van der Waals surface area (Å²) in [6.45, 7) is 4.46. The highest BCUT2D eigenvalue weighted by Crippen LogP contribution is 2.13. The first kappa shape index (κ1) is 16.7. The van der Waals surface area contributed by atoms with Crippen molar-refractivity contribution in [1.82, 2.24) is 9.88 Å². The van der Waals surface area contributed by atoms with Crippen molar-refractivity contribution in [1.29, 1.82) is 0 Å². The van der Waals surface area contributed by atoms with Crippen LogP contribution in [-0.4, -0.2) is 33.9 Å². The number of nitrogens with zero attached hydrogens (tertiary/aromatic N) is 2. The van der Waals surface area contributed by atoms with Crippen LogP contribution in [0.2, 0.25) is 0 Å². The highest BCUT2D eigenvalue weighted by Gasteiger charge is 2.15. The molecule has 1 heterocycles. The minimum absolute atomic E-state index is 0.158. The molecule has 0 saturated heterocycles. The predicted octanol–water partition coefficient (Wildman–Crippen LogP) is 3.18. The molecular weight excluding hydrogens is 292 g/mol. The van der Waals surface area contributed by atoms with E-state index >= 15 is 0 Å². The fourth-order valence-corrected chi connectivity index (χ4v) is 2.19. The maximum Gasteiger partial charge on any atom is 0.335 e. The quantitative estimate of drug-likeness (QED) is 0.920. The van der Waals surface area contributed by atoms with Gasteiger partial charge in [-0.3, -0.25) is 4.79 Å². The number of carbonyl (C=O) groups excluding carboxylic acids is 1. The van der Waals surface area contributed by atoms with E-state index in [1.54, 1.807) is 30.1 Å². The second-order valence-electron chi connectivity index (χ2n) is 5.77. The van der Waals surface area contributed by atoms with E-state index in [2.05, 4.69) is 4.98 Å². The Labute approximate surface area is 135 Å². The third kappa shape index (κ3) is 4.16. The van der Waals surface area contributed by atoms with E-state index in [9.17, 15) is 9.59 Å². The van der Waals surface area contributed by atoms with Gasteiger partial charge in [0.1, 0.15) is 5.69 Å². The van der Waals surface area contributed by atoms with Crippen LogP contribution >= 0.6 is 0 Å². The molecule has 2 rings (SSSR count). The van der Waals surface area contributed by atoms with Crippen molar-refractivity contribution in [2.24, 2.45) is 0 Å². The lowest BCUT2D eigenvalue weighted by Crippen LogP contribution is -2.27. The van der Waals surface area contributed by atoms with Gasteiger partial charge in [-0.15, -0.1) is 0 Å². The predicted molar refractivity (Wildman–Crippen MR) is 87.5 cm³/mol. The number of amides is 1. The molecule has 0 atom stereocenters. The van der Waals surface area contributed by atoms with Crippen molar-refractivity contribution in [3.63, 3.8) is 0 Å². The first-order valence-corrected chi connectivity index (χ1v) is 7.43. The lowest BCUT2D eigenvalue weighted by Gasteiger charge is -2.17. The maximum absolute atomic E-state index is 12.5. The number of carboxylic acid groups (broad SMARTS) is 1. The number of carboxylic acids is 1. The van der Waals surface area contributed by atoms with E-state index in [1.807, 2.05) is 26.0 Å². The van der Waals surface area contributed by atoms with E-state index in [4.69, 9.17) is 5.11 Å². The Bertz CT molecular complexity index is 708. The summed E-state index contributed by atoms with van der Waals surface area (Å²) in [5.41, 5.74) is 2.40. The van der Waals surface area contributed by atoms with Crippen molar-refractivity contribution in [2.45, 2.75) is 26.3 Å². The molecule has 0 bridgehead atoms. The van der Waals surface area contributed by atoms with E-state index in [0.717, 1.165) is 11.3 Å². The van der Waals surface area contributed by atoms with E-state index in [-0.39, 0.29) is 17.4 Å². The zero-order valence-electron chi connectivity index (χ0n) is 13.5. The largest absolute Gasteiger partial charge is 0.478 e. The summed E-state index contributed by atoms with van der Waals surface area (Å²) in [7, 11) is 1.71. The molecule has 0 aliphatic heterocycles. The minimum Gasteiger partial charge on any atom is -0.478 e. The van der Waals surface area contributed by atoms with Gasteiger partial charge in [-0.1, -0.05) is 32.0 Å². The van der Waals surface area contributed by atoms with Crippen LogP contribution in [0.1, 0.15) is 51.9 Å². The number of pyridine rings is 1. The van der Waals surface area contributed by atoms with Gasteiger partial charge in [0, 0.05) is 19.3 Å². The third-order valence-electron chi connectivity index (χ3n) is 3.55. The van der Waals surface area contributed by atoms with Crippen LogP contribution in [0, 0.1) is 0 Å². The van der Waals surface area contributed by atoms with Crippen LogP contribution in [0.25, 0.3) is 0 Å². The lowest BCUT2D eigenvalue weighted by atomic mass is 10.1. The maximum atomic E-state index is 12.5. The fraction of sp³-hybridized carbons (Fsp3) is 0.278. The van der Waals surface area contributed by atoms with Crippen LogP contribution in [0.4, 0.5) is 0 Å². The monoisotopic (exact) mass is 312 g/mol. The third-order valence-corrected chi connectivity index (χ3v) is 3.55. The molecule has 0 fully saturated rings. The molecule has 0 aliphatic rings. The molecule has 0 aliphatic carbocycles. The first-order chi connectivity index (χ1) is 10.9. The Hall–Kier alpha value is -2.69. The van der Waals surface area contributed by atoms with Gasteiger partial charge < -0.3 is 10.0 Å².